The summed E-state index contributed by atoms with van der Waals surface area (Å²) in [5.41, 5.74) is 0.828. The molecule has 19 heavy (non-hydrogen) atoms. The molecule has 1 aromatic carbocycles. The Kier molecular flexibility index (Phi) is 3.53. The Labute approximate surface area is 115 Å². The summed E-state index contributed by atoms with van der Waals surface area (Å²) in [7, 11) is 0. The number of nitrogens with one attached hydrogen (secondary N) is 1. The van der Waals surface area contributed by atoms with Crippen LogP contribution in [0.3, 0.4) is 0 Å². The first-order valence-electron chi connectivity index (χ1n) is 5.84. The Morgan fingerprint density at radius 3 is 2.74 bits per heavy atom. The molecule has 1 N–H and O–H groups in total. The predicted molar refractivity (Wildman–Crippen MR) is 76.6 cm³/mol. The van der Waals surface area contributed by atoms with E-state index in [2.05, 4.69) is 10.3 Å². The minimum absolute atomic E-state index is 0.118. The number of hydrogen-bond acceptors (Lipinski definition) is 5. The van der Waals surface area contributed by atoms with Gasteiger partial charge in [-0.05, 0) is 26.8 Å². The molecule has 0 amide bonds. The fourth-order valence-electron chi connectivity index (χ4n) is 1.92. The van der Waals surface area contributed by atoms with Crippen molar-refractivity contribution in [1.29, 1.82) is 0 Å². The van der Waals surface area contributed by atoms with Crippen LogP contribution in [0, 0.1) is 17.0 Å². The third-order valence-corrected chi connectivity index (χ3v) is 3.93. The van der Waals surface area contributed by atoms with E-state index in [-0.39, 0.29) is 10.6 Å². The van der Waals surface area contributed by atoms with E-state index >= 15 is 0 Å². The molecule has 5 nitrogen and oxygen atoms in total. The number of para-hydroxylation sites is 1. The summed E-state index contributed by atoms with van der Waals surface area (Å²) >= 11 is 1.52. The van der Waals surface area contributed by atoms with Gasteiger partial charge in [-0.25, -0.2) is 4.98 Å². The quantitative estimate of drug-likeness (QED) is 0.683. The molecule has 2 rings (SSSR count). The van der Waals surface area contributed by atoms with Crippen LogP contribution in [0.1, 0.15) is 24.4 Å². The number of aryl methyl sites for hydroxylation is 1. The molecule has 6 heteroatoms. The Balaban J connectivity index is 2.39. The van der Waals surface area contributed by atoms with E-state index in [1.165, 1.54) is 11.3 Å². The van der Waals surface area contributed by atoms with Gasteiger partial charge in [-0.3, -0.25) is 10.1 Å². The van der Waals surface area contributed by atoms with Gasteiger partial charge in [0.15, 0.2) is 0 Å². The second-order valence-electron chi connectivity index (χ2n) is 4.82. The van der Waals surface area contributed by atoms with Gasteiger partial charge in [-0.1, -0.05) is 12.1 Å². The second kappa shape index (κ2) is 4.97. The molecule has 0 aliphatic rings. The molecule has 0 saturated heterocycles. The summed E-state index contributed by atoms with van der Waals surface area (Å²) in [5, 5.41) is 17.2. The van der Waals surface area contributed by atoms with Gasteiger partial charge in [-0.2, -0.15) is 0 Å². The highest BCUT2D eigenvalue weighted by atomic mass is 32.1. The van der Waals surface area contributed by atoms with E-state index in [0.717, 1.165) is 5.01 Å². The molecule has 0 radical (unpaired) electrons. The van der Waals surface area contributed by atoms with Crippen molar-refractivity contribution in [2.75, 3.05) is 5.32 Å². The number of aromatic nitrogens is 1. The number of nitro groups is 1. The van der Waals surface area contributed by atoms with Gasteiger partial charge in [0.2, 0.25) is 0 Å². The van der Waals surface area contributed by atoms with Gasteiger partial charge in [0.1, 0.15) is 10.7 Å². The smallest absolute Gasteiger partial charge is 0.295 e. The van der Waals surface area contributed by atoms with E-state index in [1.807, 2.05) is 25.3 Å². The molecule has 2 aromatic rings. The van der Waals surface area contributed by atoms with Crippen molar-refractivity contribution in [3.05, 3.63) is 50.5 Å². The minimum atomic E-state index is -0.452. The van der Waals surface area contributed by atoms with Crippen molar-refractivity contribution in [3.8, 4) is 0 Å². The molecular formula is C13H15N3O2S. The van der Waals surface area contributed by atoms with Gasteiger partial charge < -0.3 is 5.32 Å². The van der Waals surface area contributed by atoms with E-state index in [4.69, 9.17) is 0 Å². The highest BCUT2D eigenvalue weighted by Crippen LogP contribution is 2.33. The summed E-state index contributed by atoms with van der Waals surface area (Å²) in [5.74, 6) is 0. The van der Waals surface area contributed by atoms with Crippen LogP contribution in [-0.2, 0) is 5.54 Å². The summed E-state index contributed by atoms with van der Waals surface area (Å²) in [4.78, 5) is 15.1. The number of nitrogens with zero attached hydrogens (tertiary/aromatic N) is 2. The lowest BCUT2D eigenvalue weighted by molar-refractivity contribution is -0.384. The van der Waals surface area contributed by atoms with E-state index in [0.29, 0.717) is 11.3 Å². The molecule has 0 atom stereocenters. The lowest BCUT2D eigenvalue weighted by Gasteiger charge is -2.25. The zero-order valence-electron chi connectivity index (χ0n) is 11.0. The Hall–Kier alpha value is -1.95. The maximum absolute atomic E-state index is 11.2. The average Bonchev–Trinajstić information content (AvgIpc) is 2.81. The van der Waals surface area contributed by atoms with Crippen molar-refractivity contribution in [3.63, 3.8) is 0 Å². The molecule has 0 spiro atoms. The Morgan fingerprint density at radius 1 is 1.42 bits per heavy atom. The average molecular weight is 277 g/mol. The summed E-state index contributed by atoms with van der Waals surface area (Å²) in [6, 6.07) is 5.27. The maximum atomic E-state index is 11.2. The third-order valence-electron chi connectivity index (χ3n) is 2.83. The molecule has 1 aromatic heterocycles. The van der Waals surface area contributed by atoms with Crippen LogP contribution in [-0.4, -0.2) is 9.91 Å². The number of rotatable bonds is 4. The van der Waals surface area contributed by atoms with Crippen molar-refractivity contribution < 1.29 is 4.92 Å². The Bertz CT molecular complexity index is 594. The van der Waals surface area contributed by atoms with Gasteiger partial charge in [0.05, 0.1) is 10.5 Å². The lowest BCUT2D eigenvalue weighted by atomic mass is 10.0. The zero-order valence-corrected chi connectivity index (χ0v) is 11.8. The maximum Gasteiger partial charge on any atom is 0.295 e. The number of nitro benzene ring substituents is 1. The number of thiazole rings is 1. The number of benzene rings is 1. The number of anilines is 1. The topological polar surface area (TPSA) is 68.1 Å². The lowest BCUT2D eigenvalue weighted by Crippen LogP contribution is -2.28. The summed E-state index contributed by atoms with van der Waals surface area (Å²) in [6.07, 6.45) is 1.73. The molecule has 0 unspecified atom stereocenters. The van der Waals surface area contributed by atoms with E-state index in [1.54, 1.807) is 25.3 Å². The molecule has 0 fully saturated rings. The van der Waals surface area contributed by atoms with Gasteiger partial charge in [-0.15, -0.1) is 11.3 Å². The predicted octanol–water partition coefficient (Wildman–Crippen LogP) is 3.71. The van der Waals surface area contributed by atoms with E-state index < -0.39 is 5.54 Å². The molecule has 100 valence electrons. The normalized spacial score (nSPS) is 11.3. The van der Waals surface area contributed by atoms with Crippen molar-refractivity contribution >= 4 is 22.7 Å². The van der Waals surface area contributed by atoms with Crippen LogP contribution in [0.15, 0.2) is 29.8 Å². The second-order valence-corrected chi connectivity index (χ2v) is 5.71. The highest BCUT2D eigenvalue weighted by molar-refractivity contribution is 7.09. The standard InChI is InChI=1S/C13H15N3O2S/c1-9-5-4-6-10(11(9)16(17)18)15-13(2,3)12-14-7-8-19-12/h4-8,15H,1-3H3. The van der Waals surface area contributed by atoms with Crippen molar-refractivity contribution in [2.45, 2.75) is 26.3 Å². The van der Waals surface area contributed by atoms with Crippen LogP contribution in [0.25, 0.3) is 0 Å². The van der Waals surface area contributed by atoms with Gasteiger partial charge >= 0.3 is 0 Å². The first kappa shape index (κ1) is 13.5. The fraction of sp³-hybridized carbons (Fsp3) is 0.308. The first-order chi connectivity index (χ1) is 8.92. The summed E-state index contributed by atoms with van der Waals surface area (Å²) in [6.45, 7) is 5.65. The first-order valence-corrected chi connectivity index (χ1v) is 6.72. The minimum Gasteiger partial charge on any atom is -0.368 e. The zero-order chi connectivity index (χ0) is 14.0. The SMILES string of the molecule is Cc1cccc(NC(C)(C)c2nccs2)c1[N+](=O)[O-]. The van der Waals surface area contributed by atoms with Crippen LogP contribution in [0.5, 0.6) is 0 Å². The van der Waals surface area contributed by atoms with Crippen LogP contribution >= 0.6 is 11.3 Å². The molecule has 0 saturated carbocycles. The van der Waals surface area contributed by atoms with Crippen LogP contribution < -0.4 is 5.32 Å². The molecular weight excluding hydrogens is 262 g/mol. The molecule has 0 bridgehead atoms. The molecule has 1 heterocycles. The molecule has 0 aliphatic heterocycles. The van der Waals surface area contributed by atoms with E-state index in [9.17, 15) is 10.1 Å². The fourth-order valence-corrected chi connectivity index (χ4v) is 2.64. The van der Waals surface area contributed by atoms with Crippen molar-refractivity contribution in [1.82, 2.24) is 4.98 Å². The monoisotopic (exact) mass is 277 g/mol. The largest absolute Gasteiger partial charge is 0.368 e. The number of hydrogen-bond donors (Lipinski definition) is 1. The van der Waals surface area contributed by atoms with Gasteiger partial charge in [0, 0.05) is 17.1 Å². The molecule has 0 aliphatic carbocycles. The Morgan fingerprint density at radius 2 is 2.16 bits per heavy atom. The summed E-state index contributed by atoms with van der Waals surface area (Å²) < 4.78 is 0. The van der Waals surface area contributed by atoms with Gasteiger partial charge in [0.25, 0.3) is 5.69 Å². The third kappa shape index (κ3) is 2.73. The van der Waals surface area contributed by atoms with Crippen LogP contribution in [0.4, 0.5) is 11.4 Å². The van der Waals surface area contributed by atoms with Crippen LogP contribution in [0.2, 0.25) is 0 Å². The van der Waals surface area contributed by atoms with Crippen molar-refractivity contribution in [2.24, 2.45) is 0 Å². The highest BCUT2D eigenvalue weighted by Gasteiger charge is 2.27.